The van der Waals surface area contributed by atoms with Crippen LogP contribution in [0.25, 0.3) is 10.9 Å². The van der Waals surface area contributed by atoms with Gasteiger partial charge in [-0.1, -0.05) is 6.07 Å². The van der Waals surface area contributed by atoms with Gasteiger partial charge in [0.05, 0.1) is 24.2 Å². The fourth-order valence-electron chi connectivity index (χ4n) is 4.47. The van der Waals surface area contributed by atoms with Crippen LogP contribution < -0.4 is 10.1 Å². The third-order valence-electron chi connectivity index (χ3n) is 6.47. The predicted octanol–water partition coefficient (Wildman–Crippen LogP) is 3.53. The van der Waals surface area contributed by atoms with Gasteiger partial charge in [-0.05, 0) is 48.6 Å². The van der Waals surface area contributed by atoms with Gasteiger partial charge in [-0.3, -0.25) is 4.79 Å². The average molecular weight is 509 g/mol. The summed E-state index contributed by atoms with van der Waals surface area (Å²) in [6.07, 6.45) is 5.44. The predicted molar refractivity (Wildman–Crippen MR) is 130 cm³/mol. The lowest BCUT2D eigenvalue weighted by atomic mass is 9.96. The molecule has 0 spiro atoms. The summed E-state index contributed by atoms with van der Waals surface area (Å²) >= 11 is 0. The van der Waals surface area contributed by atoms with Gasteiger partial charge in [0, 0.05) is 38.4 Å². The van der Waals surface area contributed by atoms with Crippen molar-refractivity contribution in [1.29, 1.82) is 0 Å². The Labute approximate surface area is 211 Å². The molecular formula is C26H26F2N6O3. The first-order valence-corrected chi connectivity index (χ1v) is 11.9. The molecule has 192 valence electrons. The monoisotopic (exact) mass is 508 g/mol. The molecule has 1 fully saturated rings. The van der Waals surface area contributed by atoms with Gasteiger partial charge in [0.15, 0.2) is 11.6 Å². The summed E-state index contributed by atoms with van der Waals surface area (Å²) in [5.41, 5.74) is 1.23. The van der Waals surface area contributed by atoms with E-state index in [4.69, 9.17) is 9.47 Å². The minimum Gasteiger partial charge on any atom is -0.494 e. The molecule has 0 saturated carbocycles. The van der Waals surface area contributed by atoms with Crippen molar-refractivity contribution in [2.24, 2.45) is 13.0 Å². The number of hydrogen-bond acceptors (Lipinski definition) is 7. The summed E-state index contributed by atoms with van der Waals surface area (Å²) in [5, 5.41) is 11.4. The zero-order chi connectivity index (χ0) is 25.9. The number of carbonyl (C=O) groups excluding carboxylic acids is 1. The first kappa shape index (κ1) is 24.7. The van der Waals surface area contributed by atoms with Gasteiger partial charge < -0.3 is 14.8 Å². The Bertz CT molecular complexity index is 1440. The van der Waals surface area contributed by atoms with Crippen LogP contribution in [0.5, 0.6) is 5.75 Å². The van der Waals surface area contributed by atoms with Crippen molar-refractivity contribution >= 4 is 16.8 Å². The Morgan fingerprint density at radius 3 is 2.70 bits per heavy atom. The number of rotatable bonds is 7. The van der Waals surface area contributed by atoms with Crippen LogP contribution >= 0.6 is 0 Å². The first-order chi connectivity index (χ1) is 17.9. The molecule has 9 nitrogen and oxygen atoms in total. The van der Waals surface area contributed by atoms with Crippen LogP contribution in [0.3, 0.4) is 0 Å². The SMILES string of the molecule is COc1ccc([C@@H](NC(=O)c2cc(F)c3cnc(CC4CCOCC4)nc3c2)c2cnn(C)n2)cc1F. The largest absolute Gasteiger partial charge is 0.494 e. The molecule has 0 radical (unpaired) electrons. The molecule has 2 aromatic heterocycles. The van der Waals surface area contributed by atoms with Crippen molar-refractivity contribution < 1.29 is 23.0 Å². The minimum absolute atomic E-state index is 0.0702. The molecule has 2 aromatic carbocycles. The molecule has 3 heterocycles. The second kappa shape index (κ2) is 10.6. The summed E-state index contributed by atoms with van der Waals surface area (Å²) in [6, 6.07) is 6.18. The smallest absolute Gasteiger partial charge is 0.252 e. The maximum atomic E-state index is 15.0. The lowest BCUT2D eigenvalue weighted by molar-refractivity contribution is 0.0660. The molecule has 1 saturated heterocycles. The van der Waals surface area contributed by atoms with Gasteiger partial charge in [0.25, 0.3) is 5.91 Å². The van der Waals surface area contributed by atoms with E-state index in [9.17, 15) is 13.6 Å². The highest BCUT2D eigenvalue weighted by Crippen LogP contribution is 2.27. The highest BCUT2D eigenvalue weighted by atomic mass is 19.1. The summed E-state index contributed by atoms with van der Waals surface area (Å²) < 4.78 is 39.8. The van der Waals surface area contributed by atoms with Gasteiger partial charge in [-0.15, -0.1) is 0 Å². The minimum atomic E-state index is -0.838. The Kier molecular flexibility index (Phi) is 7.04. The van der Waals surface area contributed by atoms with E-state index >= 15 is 0 Å². The van der Waals surface area contributed by atoms with Crippen molar-refractivity contribution in [1.82, 2.24) is 30.3 Å². The van der Waals surface area contributed by atoms with Crippen molar-refractivity contribution in [2.75, 3.05) is 20.3 Å². The van der Waals surface area contributed by atoms with Crippen LogP contribution in [0.4, 0.5) is 8.78 Å². The summed E-state index contributed by atoms with van der Waals surface area (Å²) in [5.74, 6) is -0.693. The topological polar surface area (TPSA) is 104 Å². The van der Waals surface area contributed by atoms with Crippen LogP contribution in [0, 0.1) is 17.6 Å². The number of methoxy groups -OCH3 is 1. The normalized spacial score (nSPS) is 15.0. The lowest BCUT2D eigenvalue weighted by Crippen LogP contribution is -2.30. The summed E-state index contributed by atoms with van der Waals surface area (Å²) in [4.78, 5) is 23.5. The van der Waals surface area contributed by atoms with Gasteiger partial charge >= 0.3 is 0 Å². The molecule has 0 aliphatic carbocycles. The van der Waals surface area contributed by atoms with E-state index in [0.717, 1.165) is 18.9 Å². The fraction of sp³-hybridized carbons (Fsp3) is 0.346. The Balaban J connectivity index is 1.44. The standard InChI is InChI=1S/C26H26F2N6O3/c1-34-30-14-22(33-34)25(16-3-4-23(36-2)20(28)10-16)32-26(35)17-11-19(27)18-13-29-24(31-21(18)12-17)9-15-5-7-37-8-6-15/h3-4,10-15,25H,5-9H2,1-2H3,(H,32,35)/t25-/m1/s1. The zero-order valence-corrected chi connectivity index (χ0v) is 20.4. The molecular weight excluding hydrogens is 482 g/mol. The molecule has 1 aliphatic heterocycles. The lowest BCUT2D eigenvalue weighted by Gasteiger charge is -2.21. The van der Waals surface area contributed by atoms with Crippen molar-refractivity contribution in [2.45, 2.75) is 25.3 Å². The van der Waals surface area contributed by atoms with Crippen LogP contribution in [0.2, 0.25) is 0 Å². The van der Waals surface area contributed by atoms with Crippen molar-refractivity contribution in [3.8, 4) is 5.75 Å². The second-order valence-corrected chi connectivity index (χ2v) is 9.00. The number of nitrogens with zero attached hydrogens (tertiary/aromatic N) is 5. The number of halogens is 2. The van der Waals surface area contributed by atoms with E-state index in [1.165, 1.54) is 42.5 Å². The molecule has 4 aromatic rings. The van der Waals surface area contributed by atoms with E-state index in [-0.39, 0.29) is 16.7 Å². The summed E-state index contributed by atoms with van der Waals surface area (Å²) in [6.45, 7) is 1.42. The number of aryl methyl sites for hydroxylation is 1. The van der Waals surface area contributed by atoms with E-state index in [2.05, 4.69) is 25.5 Å². The molecule has 1 N–H and O–H groups in total. The number of ether oxygens (including phenoxy) is 2. The zero-order valence-electron chi connectivity index (χ0n) is 20.4. The van der Waals surface area contributed by atoms with Crippen LogP contribution in [-0.2, 0) is 18.2 Å². The highest BCUT2D eigenvalue weighted by molar-refractivity contribution is 5.98. The van der Waals surface area contributed by atoms with Crippen molar-refractivity contribution in [3.63, 3.8) is 0 Å². The number of amides is 1. The molecule has 0 bridgehead atoms. The van der Waals surface area contributed by atoms with Gasteiger partial charge in [-0.25, -0.2) is 18.7 Å². The Morgan fingerprint density at radius 1 is 1.19 bits per heavy atom. The van der Waals surface area contributed by atoms with Crippen LogP contribution in [0.1, 0.15) is 46.3 Å². The van der Waals surface area contributed by atoms with E-state index in [0.29, 0.717) is 48.2 Å². The first-order valence-electron chi connectivity index (χ1n) is 11.9. The molecule has 11 heteroatoms. The third-order valence-corrected chi connectivity index (χ3v) is 6.47. The molecule has 1 atom stereocenters. The number of aromatic nitrogens is 5. The molecule has 5 rings (SSSR count). The number of hydrogen-bond donors (Lipinski definition) is 1. The average Bonchev–Trinajstić information content (AvgIpc) is 3.33. The number of nitrogens with one attached hydrogen (secondary N) is 1. The highest BCUT2D eigenvalue weighted by Gasteiger charge is 2.23. The molecule has 1 aliphatic rings. The van der Waals surface area contributed by atoms with Crippen LogP contribution in [-0.4, -0.2) is 51.2 Å². The molecule has 0 unspecified atom stereocenters. The third kappa shape index (κ3) is 5.41. The van der Waals surface area contributed by atoms with E-state index < -0.39 is 23.6 Å². The number of carbonyl (C=O) groups is 1. The number of benzene rings is 2. The number of fused-ring (bicyclic) bond motifs is 1. The second-order valence-electron chi connectivity index (χ2n) is 9.00. The van der Waals surface area contributed by atoms with Crippen molar-refractivity contribution in [3.05, 3.63) is 77.0 Å². The van der Waals surface area contributed by atoms with Gasteiger partial charge in [0.1, 0.15) is 23.4 Å². The fourth-order valence-corrected chi connectivity index (χ4v) is 4.47. The van der Waals surface area contributed by atoms with E-state index in [1.807, 2.05) is 0 Å². The van der Waals surface area contributed by atoms with Crippen LogP contribution in [0.15, 0.2) is 42.7 Å². The molecule has 1 amide bonds. The molecule has 37 heavy (non-hydrogen) atoms. The maximum absolute atomic E-state index is 15.0. The quantitative estimate of drug-likeness (QED) is 0.407. The van der Waals surface area contributed by atoms with E-state index in [1.54, 1.807) is 13.1 Å². The summed E-state index contributed by atoms with van der Waals surface area (Å²) in [7, 11) is 3.00. The van der Waals surface area contributed by atoms with Gasteiger partial charge in [-0.2, -0.15) is 15.0 Å². The Hall–Kier alpha value is -3.99. The van der Waals surface area contributed by atoms with Gasteiger partial charge in [0.2, 0.25) is 0 Å². The maximum Gasteiger partial charge on any atom is 0.252 e. The Morgan fingerprint density at radius 2 is 2.00 bits per heavy atom.